The number of para-hydroxylation sites is 1. The lowest BCUT2D eigenvalue weighted by molar-refractivity contribution is 0.0725. The molecule has 2 aliphatic heterocycles. The van der Waals surface area contributed by atoms with E-state index in [1.165, 1.54) is 24.8 Å². The molecule has 2 amide bonds. The Labute approximate surface area is 185 Å². The molecule has 5 nitrogen and oxygen atoms in total. The Bertz CT molecular complexity index is 903. The van der Waals surface area contributed by atoms with E-state index in [9.17, 15) is 9.59 Å². The fourth-order valence-corrected chi connectivity index (χ4v) is 4.69. The second-order valence-corrected chi connectivity index (χ2v) is 9.03. The van der Waals surface area contributed by atoms with Gasteiger partial charge in [-0.3, -0.25) is 14.5 Å². The van der Waals surface area contributed by atoms with E-state index in [-0.39, 0.29) is 11.8 Å². The summed E-state index contributed by atoms with van der Waals surface area (Å²) >= 11 is 0. The fraction of sp³-hybridized carbons (Fsp3) is 0.462. The van der Waals surface area contributed by atoms with E-state index < -0.39 is 0 Å². The summed E-state index contributed by atoms with van der Waals surface area (Å²) in [4.78, 5) is 30.2. The molecule has 1 atom stereocenters. The normalized spacial score (nSPS) is 19.8. The highest BCUT2D eigenvalue weighted by Crippen LogP contribution is 2.22. The molecule has 2 fully saturated rings. The van der Waals surface area contributed by atoms with Crippen LogP contribution in [0.3, 0.4) is 0 Å². The number of piperidine rings is 2. The lowest BCUT2D eigenvalue weighted by Gasteiger charge is -2.30. The Balaban J connectivity index is 1.41. The van der Waals surface area contributed by atoms with Gasteiger partial charge in [-0.25, -0.2) is 0 Å². The molecule has 164 valence electrons. The van der Waals surface area contributed by atoms with Crippen molar-refractivity contribution in [2.75, 3.05) is 31.5 Å². The smallest absolute Gasteiger partial charge is 0.255 e. The van der Waals surface area contributed by atoms with Gasteiger partial charge < -0.3 is 10.2 Å². The first kappa shape index (κ1) is 21.6. The molecule has 31 heavy (non-hydrogen) atoms. The minimum atomic E-state index is -0.183. The summed E-state index contributed by atoms with van der Waals surface area (Å²) in [5.41, 5.74) is 2.98. The van der Waals surface area contributed by atoms with Gasteiger partial charge >= 0.3 is 0 Å². The first-order valence-electron chi connectivity index (χ1n) is 11.6. The summed E-state index contributed by atoms with van der Waals surface area (Å²) in [5.74, 6) is 0.574. The van der Waals surface area contributed by atoms with E-state index in [2.05, 4.69) is 17.1 Å². The Hall–Kier alpha value is -2.66. The lowest BCUT2D eigenvalue weighted by atomic mass is 9.99. The van der Waals surface area contributed by atoms with Crippen LogP contribution in [0.1, 0.15) is 65.3 Å². The highest BCUT2D eigenvalue weighted by Gasteiger charge is 2.21. The second-order valence-electron chi connectivity index (χ2n) is 9.03. The quantitative estimate of drug-likeness (QED) is 0.758. The number of rotatable bonds is 5. The van der Waals surface area contributed by atoms with Crippen molar-refractivity contribution in [1.29, 1.82) is 0 Å². The van der Waals surface area contributed by atoms with Crippen LogP contribution in [0.15, 0.2) is 48.5 Å². The van der Waals surface area contributed by atoms with Crippen molar-refractivity contribution >= 4 is 17.5 Å². The third-order valence-corrected chi connectivity index (χ3v) is 6.41. The highest BCUT2D eigenvalue weighted by atomic mass is 16.2. The zero-order valence-electron chi connectivity index (χ0n) is 18.5. The van der Waals surface area contributed by atoms with Crippen molar-refractivity contribution < 1.29 is 9.59 Å². The maximum Gasteiger partial charge on any atom is 0.255 e. The van der Waals surface area contributed by atoms with Crippen molar-refractivity contribution in [3.05, 3.63) is 65.2 Å². The zero-order valence-corrected chi connectivity index (χ0v) is 18.5. The summed E-state index contributed by atoms with van der Waals surface area (Å²) in [6.07, 6.45) is 5.84. The van der Waals surface area contributed by atoms with E-state index >= 15 is 0 Å². The molecular formula is C26H33N3O2. The van der Waals surface area contributed by atoms with Gasteiger partial charge in [0, 0.05) is 31.7 Å². The van der Waals surface area contributed by atoms with E-state index in [0.717, 1.165) is 51.5 Å². The number of hydrogen-bond acceptors (Lipinski definition) is 3. The van der Waals surface area contributed by atoms with Crippen molar-refractivity contribution in [3.63, 3.8) is 0 Å². The van der Waals surface area contributed by atoms with Crippen LogP contribution >= 0.6 is 0 Å². The number of amides is 2. The van der Waals surface area contributed by atoms with Gasteiger partial charge in [0.05, 0.1) is 11.3 Å². The number of benzene rings is 2. The molecule has 4 rings (SSSR count). The number of carbonyl (C=O) groups is 2. The Kier molecular flexibility index (Phi) is 7.03. The molecule has 0 radical (unpaired) electrons. The lowest BCUT2D eigenvalue weighted by Crippen LogP contribution is -2.36. The average molecular weight is 420 g/mol. The number of carbonyl (C=O) groups excluding carboxylic acids is 2. The van der Waals surface area contributed by atoms with Crippen LogP contribution in [-0.2, 0) is 6.54 Å². The summed E-state index contributed by atoms with van der Waals surface area (Å²) in [6, 6.07) is 15.2. The molecule has 2 aromatic rings. The molecule has 0 aliphatic carbocycles. The van der Waals surface area contributed by atoms with Crippen LogP contribution in [0.2, 0.25) is 0 Å². The van der Waals surface area contributed by atoms with Crippen LogP contribution in [0.5, 0.6) is 0 Å². The molecule has 2 saturated heterocycles. The van der Waals surface area contributed by atoms with E-state index in [4.69, 9.17) is 0 Å². The van der Waals surface area contributed by atoms with Crippen LogP contribution in [0.4, 0.5) is 5.69 Å². The second kappa shape index (κ2) is 10.1. The number of likely N-dealkylation sites (tertiary alicyclic amines) is 2. The molecule has 0 aromatic heterocycles. The fourth-order valence-electron chi connectivity index (χ4n) is 4.69. The van der Waals surface area contributed by atoms with Gasteiger partial charge in [-0.05, 0) is 74.4 Å². The number of nitrogens with zero attached hydrogens (tertiary/aromatic N) is 2. The predicted octanol–water partition coefficient (Wildman–Crippen LogP) is 4.80. The maximum atomic E-state index is 13.0. The predicted molar refractivity (Wildman–Crippen MR) is 124 cm³/mol. The summed E-state index contributed by atoms with van der Waals surface area (Å²) < 4.78 is 0. The third kappa shape index (κ3) is 5.53. The largest absolute Gasteiger partial charge is 0.339 e. The molecule has 5 heteroatoms. The average Bonchev–Trinajstić information content (AvgIpc) is 2.80. The molecule has 0 spiro atoms. The van der Waals surface area contributed by atoms with E-state index in [0.29, 0.717) is 16.8 Å². The molecule has 2 heterocycles. The van der Waals surface area contributed by atoms with Crippen molar-refractivity contribution in [2.24, 2.45) is 5.92 Å². The first-order chi connectivity index (χ1) is 15.1. The Morgan fingerprint density at radius 2 is 1.68 bits per heavy atom. The van der Waals surface area contributed by atoms with Gasteiger partial charge in [-0.2, -0.15) is 0 Å². The zero-order chi connectivity index (χ0) is 21.6. The molecule has 2 aromatic carbocycles. The molecule has 0 saturated carbocycles. The van der Waals surface area contributed by atoms with Gasteiger partial charge in [0.2, 0.25) is 0 Å². The highest BCUT2D eigenvalue weighted by molar-refractivity contribution is 6.09. The molecule has 0 unspecified atom stereocenters. The van der Waals surface area contributed by atoms with Gasteiger partial charge in [-0.15, -0.1) is 0 Å². The first-order valence-corrected chi connectivity index (χ1v) is 11.6. The van der Waals surface area contributed by atoms with Crippen LogP contribution in [0, 0.1) is 5.92 Å². The van der Waals surface area contributed by atoms with Crippen LogP contribution in [-0.4, -0.2) is 47.8 Å². The van der Waals surface area contributed by atoms with Gasteiger partial charge in [0.1, 0.15) is 0 Å². The van der Waals surface area contributed by atoms with E-state index in [1.807, 2.05) is 41.3 Å². The van der Waals surface area contributed by atoms with Gasteiger partial charge in [-0.1, -0.05) is 31.2 Å². The van der Waals surface area contributed by atoms with Crippen molar-refractivity contribution in [1.82, 2.24) is 9.80 Å². The van der Waals surface area contributed by atoms with Crippen LogP contribution < -0.4 is 5.32 Å². The molecule has 2 aliphatic rings. The minimum Gasteiger partial charge on any atom is -0.339 e. The SMILES string of the molecule is C[C@@H]1CCCN(Cc2ccc(C(=O)Nc3ccccc3C(=O)N3CCCCC3)cc2)C1. The Morgan fingerprint density at radius 3 is 2.42 bits per heavy atom. The topological polar surface area (TPSA) is 52.7 Å². The number of nitrogens with one attached hydrogen (secondary N) is 1. The molecule has 0 bridgehead atoms. The van der Waals surface area contributed by atoms with Crippen molar-refractivity contribution in [3.8, 4) is 0 Å². The Morgan fingerprint density at radius 1 is 0.935 bits per heavy atom. The molecule has 1 N–H and O–H groups in total. The number of anilines is 1. The minimum absolute atomic E-state index is 0.00158. The van der Waals surface area contributed by atoms with E-state index in [1.54, 1.807) is 12.1 Å². The third-order valence-electron chi connectivity index (χ3n) is 6.41. The summed E-state index contributed by atoms with van der Waals surface area (Å²) in [6.45, 7) is 7.11. The molecular weight excluding hydrogens is 386 g/mol. The number of hydrogen-bond donors (Lipinski definition) is 1. The summed E-state index contributed by atoms with van der Waals surface area (Å²) in [5, 5.41) is 2.96. The summed E-state index contributed by atoms with van der Waals surface area (Å²) in [7, 11) is 0. The van der Waals surface area contributed by atoms with Gasteiger partial charge in [0.15, 0.2) is 0 Å². The monoisotopic (exact) mass is 419 g/mol. The van der Waals surface area contributed by atoms with Crippen molar-refractivity contribution in [2.45, 2.75) is 45.6 Å². The maximum absolute atomic E-state index is 13.0. The van der Waals surface area contributed by atoms with Gasteiger partial charge in [0.25, 0.3) is 11.8 Å². The standard InChI is InChI=1S/C26H33N3O2/c1-20-8-7-15-28(18-20)19-21-11-13-22(14-12-21)25(30)27-24-10-4-3-9-23(24)26(31)29-16-5-2-6-17-29/h3-4,9-14,20H,2,5-8,15-19H2,1H3,(H,27,30)/t20-/m1/s1. The van der Waals surface area contributed by atoms with Crippen LogP contribution in [0.25, 0.3) is 0 Å².